The SMILES string of the molecule is CCNC(=NCCC(=O)NC1CCCC1)NCC. The molecule has 1 amide bonds. The van der Waals surface area contributed by atoms with Crippen LogP contribution >= 0.6 is 0 Å². The lowest BCUT2D eigenvalue weighted by Gasteiger charge is -2.12. The summed E-state index contributed by atoms with van der Waals surface area (Å²) in [6.45, 7) is 6.26. The first-order chi connectivity index (χ1) is 8.76. The van der Waals surface area contributed by atoms with E-state index < -0.39 is 0 Å². The molecular weight excluding hydrogens is 228 g/mol. The Morgan fingerprint density at radius 2 is 1.78 bits per heavy atom. The molecule has 1 aliphatic carbocycles. The van der Waals surface area contributed by atoms with Gasteiger partial charge in [0.25, 0.3) is 0 Å². The first-order valence-corrected chi connectivity index (χ1v) is 7.07. The molecule has 1 aliphatic rings. The van der Waals surface area contributed by atoms with Gasteiger partial charge in [0.2, 0.25) is 5.91 Å². The number of nitrogens with zero attached hydrogens (tertiary/aromatic N) is 1. The Balaban J connectivity index is 2.20. The van der Waals surface area contributed by atoms with E-state index in [-0.39, 0.29) is 5.91 Å². The Morgan fingerprint density at radius 1 is 1.17 bits per heavy atom. The summed E-state index contributed by atoms with van der Waals surface area (Å²) in [6, 6.07) is 0.406. The first-order valence-electron chi connectivity index (χ1n) is 7.07. The summed E-state index contributed by atoms with van der Waals surface area (Å²) < 4.78 is 0. The zero-order chi connectivity index (χ0) is 13.2. The van der Waals surface area contributed by atoms with E-state index in [2.05, 4.69) is 20.9 Å². The minimum Gasteiger partial charge on any atom is -0.357 e. The quantitative estimate of drug-likeness (QED) is 0.489. The summed E-state index contributed by atoms with van der Waals surface area (Å²) in [5, 5.41) is 9.34. The second kappa shape index (κ2) is 8.78. The summed E-state index contributed by atoms with van der Waals surface area (Å²) in [4.78, 5) is 16.0. The monoisotopic (exact) mass is 254 g/mol. The highest BCUT2D eigenvalue weighted by Gasteiger charge is 2.16. The van der Waals surface area contributed by atoms with E-state index in [9.17, 15) is 4.79 Å². The van der Waals surface area contributed by atoms with Crippen molar-refractivity contribution in [1.82, 2.24) is 16.0 Å². The van der Waals surface area contributed by atoms with Crippen LogP contribution in [0.4, 0.5) is 0 Å². The van der Waals surface area contributed by atoms with E-state index in [0.717, 1.165) is 31.9 Å². The van der Waals surface area contributed by atoms with Gasteiger partial charge < -0.3 is 16.0 Å². The third kappa shape index (κ3) is 5.89. The van der Waals surface area contributed by atoms with Crippen LogP contribution in [0.5, 0.6) is 0 Å². The van der Waals surface area contributed by atoms with E-state index in [1.165, 1.54) is 12.8 Å². The second-order valence-electron chi connectivity index (χ2n) is 4.59. The molecule has 1 fully saturated rings. The van der Waals surface area contributed by atoms with Gasteiger partial charge >= 0.3 is 0 Å². The average Bonchev–Trinajstić information content (AvgIpc) is 2.82. The highest BCUT2D eigenvalue weighted by atomic mass is 16.1. The molecular formula is C13H26N4O. The second-order valence-corrected chi connectivity index (χ2v) is 4.59. The molecule has 0 aromatic rings. The first kappa shape index (κ1) is 14.8. The largest absolute Gasteiger partial charge is 0.357 e. The van der Waals surface area contributed by atoms with Gasteiger partial charge in [0.05, 0.1) is 6.54 Å². The number of amides is 1. The van der Waals surface area contributed by atoms with E-state index in [1.54, 1.807) is 0 Å². The summed E-state index contributed by atoms with van der Waals surface area (Å²) in [6.07, 6.45) is 5.23. The molecule has 0 atom stereocenters. The molecule has 0 unspecified atom stereocenters. The smallest absolute Gasteiger partial charge is 0.222 e. The number of carbonyl (C=O) groups is 1. The lowest BCUT2D eigenvalue weighted by molar-refractivity contribution is -0.121. The topological polar surface area (TPSA) is 65.5 Å². The number of nitrogens with one attached hydrogen (secondary N) is 3. The van der Waals surface area contributed by atoms with Gasteiger partial charge in [-0.05, 0) is 26.7 Å². The molecule has 0 heterocycles. The molecule has 0 radical (unpaired) electrons. The van der Waals surface area contributed by atoms with Crippen LogP contribution in [0.2, 0.25) is 0 Å². The van der Waals surface area contributed by atoms with Crippen molar-refractivity contribution in [3.63, 3.8) is 0 Å². The van der Waals surface area contributed by atoms with Crippen LogP contribution in [0.3, 0.4) is 0 Å². The number of carbonyl (C=O) groups excluding carboxylic acids is 1. The zero-order valence-electron chi connectivity index (χ0n) is 11.6. The molecule has 1 rings (SSSR count). The van der Waals surface area contributed by atoms with E-state index in [4.69, 9.17) is 0 Å². The lowest BCUT2D eigenvalue weighted by atomic mass is 10.2. The van der Waals surface area contributed by atoms with Crippen molar-refractivity contribution >= 4 is 11.9 Å². The van der Waals surface area contributed by atoms with Crippen LogP contribution < -0.4 is 16.0 Å². The number of hydrogen-bond acceptors (Lipinski definition) is 2. The predicted octanol–water partition coefficient (Wildman–Crippen LogP) is 1.01. The van der Waals surface area contributed by atoms with Gasteiger partial charge in [-0.25, -0.2) is 0 Å². The Morgan fingerprint density at radius 3 is 2.33 bits per heavy atom. The van der Waals surface area contributed by atoms with Crippen LogP contribution in [-0.2, 0) is 4.79 Å². The number of guanidine groups is 1. The Kier molecular flexibility index (Phi) is 7.22. The van der Waals surface area contributed by atoms with Crippen molar-refractivity contribution in [3.8, 4) is 0 Å². The summed E-state index contributed by atoms with van der Waals surface area (Å²) in [5.41, 5.74) is 0. The molecule has 0 spiro atoms. The molecule has 1 saturated carbocycles. The molecule has 3 N–H and O–H groups in total. The van der Waals surface area contributed by atoms with E-state index in [1.807, 2.05) is 13.8 Å². The fourth-order valence-electron chi connectivity index (χ4n) is 2.15. The molecule has 5 nitrogen and oxygen atoms in total. The normalized spacial score (nSPS) is 15.2. The highest BCUT2D eigenvalue weighted by Crippen LogP contribution is 2.17. The van der Waals surface area contributed by atoms with Crippen molar-refractivity contribution in [1.29, 1.82) is 0 Å². The molecule has 5 heteroatoms. The van der Waals surface area contributed by atoms with Crippen molar-refractivity contribution in [3.05, 3.63) is 0 Å². The standard InChI is InChI=1S/C13H26N4O/c1-3-14-13(15-4-2)16-10-9-12(18)17-11-7-5-6-8-11/h11H,3-10H2,1-2H3,(H,17,18)(H2,14,15,16). The van der Waals surface area contributed by atoms with Gasteiger partial charge in [0, 0.05) is 25.6 Å². The van der Waals surface area contributed by atoms with Crippen LogP contribution in [0, 0.1) is 0 Å². The highest BCUT2D eigenvalue weighted by molar-refractivity contribution is 5.80. The minimum atomic E-state index is 0.123. The Hall–Kier alpha value is -1.26. The van der Waals surface area contributed by atoms with Gasteiger partial charge in [-0.3, -0.25) is 9.79 Å². The lowest BCUT2D eigenvalue weighted by Crippen LogP contribution is -2.37. The van der Waals surface area contributed by atoms with Gasteiger partial charge in [0.15, 0.2) is 5.96 Å². The van der Waals surface area contributed by atoms with Crippen LogP contribution in [0.15, 0.2) is 4.99 Å². The molecule has 0 saturated heterocycles. The fraction of sp³-hybridized carbons (Fsp3) is 0.846. The van der Waals surface area contributed by atoms with Gasteiger partial charge in [-0.1, -0.05) is 12.8 Å². The maximum absolute atomic E-state index is 11.7. The Bertz CT molecular complexity index is 264. The summed E-state index contributed by atoms with van der Waals surface area (Å²) >= 11 is 0. The van der Waals surface area contributed by atoms with Crippen LogP contribution in [0.1, 0.15) is 46.0 Å². The third-order valence-corrected chi connectivity index (χ3v) is 3.02. The maximum Gasteiger partial charge on any atom is 0.222 e. The van der Waals surface area contributed by atoms with Crippen LogP contribution in [0.25, 0.3) is 0 Å². The van der Waals surface area contributed by atoms with Crippen molar-refractivity contribution in [2.24, 2.45) is 4.99 Å². The van der Waals surface area contributed by atoms with Crippen molar-refractivity contribution in [2.45, 2.75) is 52.0 Å². The number of aliphatic imine (C=N–C) groups is 1. The molecule has 0 aromatic carbocycles. The van der Waals surface area contributed by atoms with Crippen molar-refractivity contribution < 1.29 is 4.79 Å². The van der Waals surface area contributed by atoms with Crippen LogP contribution in [-0.4, -0.2) is 37.5 Å². The minimum absolute atomic E-state index is 0.123. The fourth-order valence-corrected chi connectivity index (χ4v) is 2.15. The zero-order valence-corrected chi connectivity index (χ0v) is 11.6. The summed E-state index contributed by atoms with van der Waals surface area (Å²) in [5.74, 6) is 0.909. The predicted molar refractivity (Wildman–Crippen MR) is 74.7 cm³/mol. The molecule has 0 bridgehead atoms. The molecule has 18 heavy (non-hydrogen) atoms. The van der Waals surface area contributed by atoms with Gasteiger partial charge in [-0.15, -0.1) is 0 Å². The maximum atomic E-state index is 11.7. The molecule has 104 valence electrons. The molecule has 0 aliphatic heterocycles. The van der Waals surface area contributed by atoms with Gasteiger partial charge in [-0.2, -0.15) is 0 Å². The number of hydrogen-bond donors (Lipinski definition) is 3. The average molecular weight is 254 g/mol. The number of rotatable bonds is 6. The van der Waals surface area contributed by atoms with Gasteiger partial charge in [0.1, 0.15) is 0 Å². The van der Waals surface area contributed by atoms with Crippen molar-refractivity contribution in [2.75, 3.05) is 19.6 Å². The Labute approximate surface area is 110 Å². The molecule has 0 aromatic heterocycles. The van der Waals surface area contributed by atoms with E-state index >= 15 is 0 Å². The van der Waals surface area contributed by atoms with E-state index in [0.29, 0.717) is 19.0 Å². The summed E-state index contributed by atoms with van der Waals surface area (Å²) in [7, 11) is 0. The third-order valence-electron chi connectivity index (χ3n) is 3.02.